The van der Waals surface area contributed by atoms with Crippen LogP contribution in [0.5, 0.6) is 23.0 Å². The number of phenols is 1. The first-order valence-corrected chi connectivity index (χ1v) is 10.2. The predicted molar refractivity (Wildman–Crippen MR) is 111 cm³/mol. The van der Waals surface area contributed by atoms with Gasteiger partial charge in [-0.2, -0.15) is 5.10 Å². The number of fused-ring (bicyclic) bond motifs is 3. The maximum atomic E-state index is 10.3. The number of thiophene rings is 1. The molecule has 6 nitrogen and oxygen atoms in total. The number of hydrazone groups is 1. The molecule has 3 aromatic rings. The third kappa shape index (κ3) is 2.89. The van der Waals surface area contributed by atoms with E-state index in [0.29, 0.717) is 11.5 Å². The molecule has 7 heteroatoms. The van der Waals surface area contributed by atoms with Gasteiger partial charge in [0.1, 0.15) is 5.75 Å². The summed E-state index contributed by atoms with van der Waals surface area (Å²) in [7, 11) is 3.03. The molecule has 1 aromatic heterocycles. The maximum absolute atomic E-state index is 10.3. The van der Waals surface area contributed by atoms with Crippen LogP contribution in [0.3, 0.4) is 0 Å². The largest absolute Gasteiger partial charge is 0.502 e. The topological polar surface area (TPSA) is 63.5 Å². The fourth-order valence-corrected chi connectivity index (χ4v) is 4.62. The second-order valence-corrected chi connectivity index (χ2v) is 7.85. The van der Waals surface area contributed by atoms with Crippen molar-refractivity contribution in [3.63, 3.8) is 0 Å². The Kier molecular flexibility index (Phi) is 4.32. The number of para-hydroxylation sites is 1. The van der Waals surface area contributed by atoms with Crippen LogP contribution in [-0.2, 0) is 0 Å². The summed E-state index contributed by atoms with van der Waals surface area (Å²) in [5.41, 5.74) is 2.97. The van der Waals surface area contributed by atoms with Gasteiger partial charge in [-0.1, -0.05) is 24.3 Å². The first kappa shape index (κ1) is 17.9. The number of ether oxygens (including phenoxy) is 3. The van der Waals surface area contributed by atoms with Crippen LogP contribution in [0.4, 0.5) is 0 Å². The highest BCUT2D eigenvalue weighted by molar-refractivity contribution is 7.12. The molecule has 0 spiro atoms. The van der Waals surface area contributed by atoms with Gasteiger partial charge in [0.25, 0.3) is 0 Å². The molecule has 5 rings (SSSR count). The van der Waals surface area contributed by atoms with Crippen molar-refractivity contribution >= 4 is 17.0 Å². The van der Waals surface area contributed by atoms with E-state index in [1.165, 1.54) is 14.2 Å². The molecule has 29 heavy (non-hydrogen) atoms. The van der Waals surface area contributed by atoms with Crippen LogP contribution in [0.1, 0.15) is 34.7 Å². The van der Waals surface area contributed by atoms with Crippen LogP contribution in [-0.4, -0.2) is 30.0 Å². The highest BCUT2D eigenvalue weighted by Gasteiger charge is 2.41. The van der Waals surface area contributed by atoms with Crippen molar-refractivity contribution in [1.29, 1.82) is 0 Å². The van der Waals surface area contributed by atoms with Crippen LogP contribution in [0.15, 0.2) is 59.0 Å². The van der Waals surface area contributed by atoms with Crippen LogP contribution in [0.2, 0.25) is 0 Å². The van der Waals surface area contributed by atoms with Crippen molar-refractivity contribution in [1.82, 2.24) is 5.01 Å². The normalized spacial score (nSPS) is 19.8. The van der Waals surface area contributed by atoms with Crippen LogP contribution in [0, 0.1) is 0 Å². The van der Waals surface area contributed by atoms with Crippen molar-refractivity contribution in [3.05, 3.63) is 69.9 Å². The van der Waals surface area contributed by atoms with Gasteiger partial charge in [-0.15, -0.1) is 11.3 Å². The van der Waals surface area contributed by atoms with E-state index >= 15 is 0 Å². The zero-order chi connectivity index (χ0) is 20.0. The highest BCUT2D eigenvalue weighted by atomic mass is 32.1. The second-order valence-electron chi connectivity index (χ2n) is 6.91. The smallest absolute Gasteiger partial charge is 0.214 e. The molecule has 0 saturated heterocycles. The van der Waals surface area contributed by atoms with Crippen molar-refractivity contribution in [2.45, 2.75) is 18.7 Å². The molecule has 0 unspecified atom stereocenters. The molecule has 0 fully saturated rings. The van der Waals surface area contributed by atoms with Gasteiger partial charge in [-0.25, -0.2) is 5.01 Å². The summed E-state index contributed by atoms with van der Waals surface area (Å²) in [5.74, 6) is 1.48. The Balaban J connectivity index is 1.63. The molecule has 0 amide bonds. The quantitative estimate of drug-likeness (QED) is 0.677. The van der Waals surface area contributed by atoms with E-state index in [2.05, 4.69) is 17.5 Å². The Morgan fingerprint density at radius 1 is 1.10 bits per heavy atom. The fourth-order valence-electron chi connectivity index (χ4n) is 3.90. The molecule has 148 valence electrons. The summed E-state index contributed by atoms with van der Waals surface area (Å²) < 4.78 is 17.0. The van der Waals surface area contributed by atoms with E-state index in [1.807, 2.05) is 29.3 Å². The van der Waals surface area contributed by atoms with E-state index < -0.39 is 6.23 Å². The summed E-state index contributed by atoms with van der Waals surface area (Å²) in [5, 5.41) is 19.3. The van der Waals surface area contributed by atoms with E-state index in [9.17, 15) is 5.11 Å². The lowest BCUT2D eigenvalue weighted by molar-refractivity contribution is -0.0192. The molecule has 2 aliphatic rings. The summed E-state index contributed by atoms with van der Waals surface area (Å²) >= 11 is 1.69. The lowest BCUT2D eigenvalue weighted by atomic mass is 9.97. The standard InChI is InChI=1S/C22H20N2O4S/c1-26-18-10-13(11-19(27-2)21(18)25)22-24-16(14-6-3-4-7-17(14)28-22)12-15(23-24)20-8-5-9-29-20/h3-11,16,22,25H,12H2,1-2H3/t16-,22+/m1/s1. The minimum Gasteiger partial charge on any atom is -0.502 e. The molecule has 2 atom stereocenters. The average Bonchev–Trinajstić information content (AvgIpc) is 3.43. The minimum atomic E-state index is -0.462. The highest BCUT2D eigenvalue weighted by Crippen LogP contribution is 2.49. The number of rotatable bonds is 4. The fraction of sp³-hybridized carbons (Fsp3) is 0.227. The Hall–Kier alpha value is -3.19. The van der Waals surface area contributed by atoms with E-state index in [0.717, 1.165) is 33.9 Å². The summed E-state index contributed by atoms with van der Waals surface area (Å²) in [4.78, 5) is 1.16. The molecule has 2 aliphatic heterocycles. The van der Waals surface area contributed by atoms with Gasteiger partial charge in [-0.3, -0.25) is 0 Å². The predicted octanol–water partition coefficient (Wildman–Crippen LogP) is 4.71. The molecule has 1 N–H and O–H groups in total. The summed E-state index contributed by atoms with van der Waals surface area (Å²) in [6.07, 6.45) is 0.347. The van der Waals surface area contributed by atoms with E-state index in [1.54, 1.807) is 23.5 Å². The maximum Gasteiger partial charge on any atom is 0.214 e. The Morgan fingerprint density at radius 3 is 2.55 bits per heavy atom. The first-order chi connectivity index (χ1) is 14.2. The minimum absolute atomic E-state index is 0.0318. The molecular weight excluding hydrogens is 388 g/mol. The lowest BCUT2D eigenvalue weighted by Crippen LogP contribution is -2.33. The molecule has 2 aromatic carbocycles. The van der Waals surface area contributed by atoms with Crippen LogP contribution >= 0.6 is 11.3 Å². The number of phenolic OH excluding ortho intramolecular Hbond substituents is 1. The average molecular weight is 408 g/mol. The molecular formula is C22H20N2O4S. The molecule has 3 heterocycles. The summed E-state index contributed by atoms with van der Waals surface area (Å²) in [6.45, 7) is 0. The van der Waals surface area contributed by atoms with Crippen molar-refractivity contribution in [3.8, 4) is 23.0 Å². The zero-order valence-corrected chi connectivity index (χ0v) is 16.8. The number of methoxy groups -OCH3 is 2. The van der Waals surface area contributed by atoms with Crippen LogP contribution < -0.4 is 14.2 Å². The van der Waals surface area contributed by atoms with Gasteiger partial charge < -0.3 is 19.3 Å². The third-order valence-electron chi connectivity index (χ3n) is 5.29. The van der Waals surface area contributed by atoms with E-state index in [4.69, 9.17) is 19.3 Å². The van der Waals surface area contributed by atoms with Crippen molar-refractivity contribution < 1.29 is 19.3 Å². The molecule has 0 saturated carbocycles. The Labute approximate surface area is 172 Å². The van der Waals surface area contributed by atoms with Crippen LogP contribution in [0.25, 0.3) is 0 Å². The SMILES string of the molecule is COc1cc([C@@H]2Oc3ccccc3[C@H]3CC(c4cccs4)=NN32)cc(OC)c1O. The first-order valence-electron chi connectivity index (χ1n) is 9.29. The number of hydrogen-bond donors (Lipinski definition) is 1. The molecule has 0 aliphatic carbocycles. The monoisotopic (exact) mass is 408 g/mol. The van der Waals surface area contributed by atoms with Crippen molar-refractivity contribution in [2.75, 3.05) is 14.2 Å². The Bertz CT molecular complexity index is 1060. The van der Waals surface area contributed by atoms with Gasteiger partial charge in [0.15, 0.2) is 11.5 Å². The third-order valence-corrected chi connectivity index (χ3v) is 6.21. The molecule has 0 radical (unpaired) electrons. The van der Waals surface area contributed by atoms with Gasteiger partial charge in [0, 0.05) is 17.5 Å². The number of hydrogen-bond acceptors (Lipinski definition) is 7. The summed E-state index contributed by atoms with van der Waals surface area (Å²) in [6, 6.07) is 15.8. The second kappa shape index (κ2) is 7.00. The van der Waals surface area contributed by atoms with E-state index in [-0.39, 0.29) is 11.8 Å². The number of benzene rings is 2. The van der Waals surface area contributed by atoms with Crippen molar-refractivity contribution in [2.24, 2.45) is 5.10 Å². The Morgan fingerprint density at radius 2 is 1.86 bits per heavy atom. The van der Waals surface area contributed by atoms with Gasteiger partial charge >= 0.3 is 0 Å². The number of aromatic hydroxyl groups is 1. The lowest BCUT2D eigenvalue weighted by Gasteiger charge is -2.38. The van der Waals surface area contributed by atoms with Gasteiger partial charge in [0.2, 0.25) is 12.0 Å². The van der Waals surface area contributed by atoms with Gasteiger partial charge in [0.05, 0.1) is 30.9 Å². The zero-order valence-electron chi connectivity index (χ0n) is 16.0. The number of nitrogens with zero attached hydrogens (tertiary/aromatic N) is 2. The van der Waals surface area contributed by atoms with Gasteiger partial charge in [-0.05, 0) is 29.6 Å². The molecule has 0 bridgehead atoms.